The smallest absolute Gasteiger partial charge is 0.409 e. The topological polar surface area (TPSA) is 62.1 Å². The van der Waals surface area contributed by atoms with Gasteiger partial charge in [0, 0.05) is 6.54 Å². The molecular formula is C10H10N2O2. The lowest BCUT2D eigenvalue weighted by Gasteiger charge is -2.05. The molecule has 72 valence electrons. The molecule has 14 heavy (non-hydrogen) atoms. The molecule has 0 unspecified atom stereocenters. The summed E-state index contributed by atoms with van der Waals surface area (Å²) in [7, 11) is 0. The van der Waals surface area contributed by atoms with Crippen LogP contribution in [-0.4, -0.2) is 12.6 Å². The number of amides is 1. The van der Waals surface area contributed by atoms with Crippen LogP contribution in [-0.2, 0) is 0 Å². The molecule has 1 N–H and O–H groups in total. The summed E-state index contributed by atoms with van der Waals surface area (Å²) in [5.74, 6) is 0.279. The molecule has 0 heterocycles. The second-order valence-corrected chi connectivity index (χ2v) is 2.53. The number of nitrogens with one attached hydrogen (secondary N) is 1. The van der Waals surface area contributed by atoms with E-state index in [-0.39, 0.29) is 5.75 Å². The van der Waals surface area contributed by atoms with Crippen molar-refractivity contribution >= 4 is 6.09 Å². The van der Waals surface area contributed by atoms with Gasteiger partial charge >= 0.3 is 6.09 Å². The summed E-state index contributed by atoms with van der Waals surface area (Å²) in [6.45, 7) is 2.28. The molecule has 0 saturated heterocycles. The summed E-state index contributed by atoms with van der Waals surface area (Å²) >= 11 is 0. The minimum absolute atomic E-state index is 0.279. The first-order chi connectivity index (χ1) is 6.77. The zero-order valence-corrected chi connectivity index (χ0v) is 7.78. The second kappa shape index (κ2) is 4.87. The van der Waals surface area contributed by atoms with Crippen molar-refractivity contribution in [3.8, 4) is 11.8 Å². The van der Waals surface area contributed by atoms with E-state index in [1.807, 2.05) is 6.07 Å². The molecule has 0 atom stereocenters. The highest BCUT2D eigenvalue weighted by atomic mass is 16.6. The lowest BCUT2D eigenvalue weighted by atomic mass is 10.2. The first kappa shape index (κ1) is 10.1. The van der Waals surface area contributed by atoms with Crippen LogP contribution in [0, 0.1) is 11.3 Å². The third-order valence-corrected chi connectivity index (χ3v) is 1.53. The molecule has 4 heteroatoms. The van der Waals surface area contributed by atoms with Crippen LogP contribution in [0.5, 0.6) is 5.75 Å². The van der Waals surface area contributed by atoms with E-state index in [4.69, 9.17) is 10.00 Å². The van der Waals surface area contributed by atoms with Crippen molar-refractivity contribution in [2.75, 3.05) is 6.54 Å². The summed E-state index contributed by atoms with van der Waals surface area (Å²) < 4.78 is 4.90. The molecule has 0 aliphatic rings. The van der Waals surface area contributed by atoms with Crippen LogP contribution in [0.1, 0.15) is 12.5 Å². The van der Waals surface area contributed by atoms with Gasteiger partial charge in [0.05, 0.1) is 5.56 Å². The maximum absolute atomic E-state index is 11.0. The normalized spacial score (nSPS) is 8.86. The highest BCUT2D eigenvalue weighted by Gasteiger charge is 2.06. The summed E-state index contributed by atoms with van der Waals surface area (Å²) in [4.78, 5) is 11.0. The first-order valence-corrected chi connectivity index (χ1v) is 4.22. The lowest BCUT2D eigenvalue weighted by molar-refractivity contribution is 0.201. The Hall–Kier alpha value is -2.02. The Labute approximate surface area is 82.1 Å². The minimum atomic E-state index is -0.546. The monoisotopic (exact) mass is 190 g/mol. The van der Waals surface area contributed by atoms with Gasteiger partial charge in [-0.15, -0.1) is 0 Å². The van der Waals surface area contributed by atoms with Crippen molar-refractivity contribution in [1.82, 2.24) is 5.32 Å². The maximum atomic E-state index is 11.0. The van der Waals surface area contributed by atoms with Gasteiger partial charge in [-0.25, -0.2) is 4.79 Å². The predicted molar refractivity (Wildman–Crippen MR) is 50.9 cm³/mol. The number of hydrogen-bond acceptors (Lipinski definition) is 3. The van der Waals surface area contributed by atoms with Gasteiger partial charge in [-0.1, -0.05) is 12.1 Å². The summed E-state index contributed by atoms with van der Waals surface area (Å²) in [6, 6.07) is 8.52. The summed E-state index contributed by atoms with van der Waals surface area (Å²) in [5, 5.41) is 11.2. The van der Waals surface area contributed by atoms with Crippen LogP contribution in [0.4, 0.5) is 4.79 Å². The van der Waals surface area contributed by atoms with Crippen molar-refractivity contribution in [1.29, 1.82) is 5.26 Å². The van der Waals surface area contributed by atoms with Crippen molar-refractivity contribution < 1.29 is 9.53 Å². The van der Waals surface area contributed by atoms with E-state index in [9.17, 15) is 4.79 Å². The van der Waals surface area contributed by atoms with E-state index in [0.717, 1.165) is 0 Å². The van der Waals surface area contributed by atoms with Crippen molar-refractivity contribution in [3.05, 3.63) is 29.8 Å². The van der Waals surface area contributed by atoms with E-state index >= 15 is 0 Å². The molecule has 0 spiro atoms. The molecule has 0 fully saturated rings. The van der Waals surface area contributed by atoms with E-state index in [1.54, 1.807) is 31.2 Å². The Balaban J connectivity index is 2.77. The molecule has 0 aromatic heterocycles. The van der Waals surface area contributed by atoms with E-state index in [0.29, 0.717) is 12.1 Å². The molecule has 0 aliphatic carbocycles. The van der Waals surface area contributed by atoms with Crippen LogP contribution in [0.2, 0.25) is 0 Å². The fraction of sp³-hybridized carbons (Fsp3) is 0.200. The molecule has 1 aromatic rings. The highest BCUT2D eigenvalue weighted by molar-refractivity contribution is 5.71. The number of carbonyl (C=O) groups is 1. The average Bonchev–Trinajstić information content (AvgIpc) is 2.19. The number of hydrogen-bond donors (Lipinski definition) is 1. The molecule has 1 rings (SSSR count). The van der Waals surface area contributed by atoms with Gasteiger partial charge in [0.15, 0.2) is 5.75 Å². The lowest BCUT2D eigenvalue weighted by Crippen LogP contribution is -2.26. The zero-order valence-electron chi connectivity index (χ0n) is 7.78. The molecule has 4 nitrogen and oxygen atoms in total. The summed E-state index contributed by atoms with van der Waals surface area (Å²) in [6.07, 6.45) is -0.546. The highest BCUT2D eigenvalue weighted by Crippen LogP contribution is 2.16. The number of ether oxygens (including phenoxy) is 1. The van der Waals surface area contributed by atoms with Crippen molar-refractivity contribution in [2.45, 2.75) is 6.92 Å². The van der Waals surface area contributed by atoms with Gasteiger partial charge in [-0.3, -0.25) is 0 Å². The van der Waals surface area contributed by atoms with Gasteiger partial charge in [0.1, 0.15) is 6.07 Å². The first-order valence-electron chi connectivity index (χ1n) is 4.22. The number of carbonyl (C=O) groups excluding carboxylic acids is 1. The van der Waals surface area contributed by atoms with Gasteiger partial charge in [-0.05, 0) is 19.1 Å². The number of benzene rings is 1. The van der Waals surface area contributed by atoms with Crippen molar-refractivity contribution in [2.24, 2.45) is 0 Å². The van der Waals surface area contributed by atoms with Gasteiger partial charge in [0.2, 0.25) is 0 Å². The third kappa shape index (κ3) is 2.49. The zero-order chi connectivity index (χ0) is 10.4. The van der Waals surface area contributed by atoms with Crippen LogP contribution in [0.15, 0.2) is 24.3 Å². The Morgan fingerprint density at radius 3 is 2.93 bits per heavy atom. The Kier molecular flexibility index (Phi) is 3.50. The quantitative estimate of drug-likeness (QED) is 0.771. The van der Waals surface area contributed by atoms with E-state index in [1.165, 1.54) is 0 Å². The fourth-order valence-electron chi connectivity index (χ4n) is 0.928. The molecular weight excluding hydrogens is 180 g/mol. The molecule has 1 amide bonds. The standard InChI is InChI=1S/C10H10N2O2/c1-2-12-10(13)14-9-6-4-3-5-8(9)7-11/h3-6H,2H2,1H3,(H,12,13). The van der Waals surface area contributed by atoms with Gasteiger partial charge < -0.3 is 10.1 Å². The largest absolute Gasteiger partial charge is 0.412 e. The predicted octanol–water partition coefficient (Wildman–Crippen LogP) is 1.67. The van der Waals surface area contributed by atoms with Crippen LogP contribution < -0.4 is 10.1 Å². The summed E-state index contributed by atoms with van der Waals surface area (Å²) in [5.41, 5.74) is 0.346. The van der Waals surface area contributed by atoms with Crippen molar-refractivity contribution in [3.63, 3.8) is 0 Å². The molecule has 0 saturated carbocycles. The Bertz CT molecular complexity index is 369. The van der Waals surface area contributed by atoms with E-state index in [2.05, 4.69) is 5.32 Å². The number of nitrogens with zero attached hydrogens (tertiary/aromatic N) is 1. The average molecular weight is 190 g/mol. The molecule has 1 aromatic carbocycles. The number of rotatable bonds is 2. The maximum Gasteiger partial charge on any atom is 0.412 e. The number of para-hydroxylation sites is 1. The van der Waals surface area contributed by atoms with Crippen LogP contribution in [0.3, 0.4) is 0 Å². The second-order valence-electron chi connectivity index (χ2n) is 2.53. The fourth-order valence-corrected chi connectivity index (χ4v) is 0.928. The van der Waals surface area contributed by atoms with Gasteiger partial charge in [-0.2, -0.15) is 5.26 Å². The molecule has 0 radical (unpaired) electrons. The van der Waals surface area contributed by atoms with E-state index < -0.39 is 6.09 Å². The minimum Gasteiger partial charge on any atom is -0.409 e. The third-order valence-electron chi connectivity index (χ3n) is 1.53. The van der Waals surface area contributed by atoms with Crippen LogP contribution in [0.25, 0.3) is 0 Å². The van der Waals surface area contributed by atoms with Crippen LogP contribution >= 0.6 is 0 Å². The van der Waals surface area contributed by atoms with Gasteiger partial charge in [0.25, 0.3) is 0 Å². The SMILES string of the molecule is CCNC(=O)Oc1ccccc1C#N. The molecule has 0 bridgehead atoms. The molecule has 0 aliphatic heterocycles. The Morgan fingerprint density at radius 2 is 2.29 bits per heavy atom. The Morgan fingerprint density at radius 1 is 1.57 bits per heavy atom. The number of nitriles is 1.